The number of hydrogen-bond donors (Lipinski definition) is 2. The van der Waals surface area contributed by atoms with E-state index in [1.807, 2.05) is 12.1 Å². The Kier molecular flexibility index (Phi) is 3.51. The third kappa shape index (κ3) is 2.39. The Bertz CT molecular complexity index is 473. The Balaban J connectivity index is 2.14. The molecule has 0 aliphatic carbocycles. The third-order valence-electron chi connectivity index (χ3n) is 2.42. The van der Waals surface area contributed by atoms with Gasteiger partial charge in [0, 0.05) is 9.35 Å². The molecule has 1 aromatic heterocycles. The molecule has 0 saturated heterocycles. The van der Waals surface area contributed by atoms with E-state index in [9.17, 15) is 0 Å². The summed E-state index contributed by atoms with van der Waals surface area (Å²) in [5.74, 6) is 0. The Morgan fingerprint density at radius 3 is 2.81 bits per heavy atom. The van der Waals surface area contributed by atoms with Crippen molar-refractivity contribution in [3.8, 4) is 0 Å². The molecular weight excluding hydrogens is 284 g/mol. The van der Waals surface area contributed by atoms with Gasteiger partial charge in [-0.15, -0.1) is 11.3 Å². The Hall–Kier alpha value is -1.00. The van der Waals surface area contributed by atoms with Gasteiger partial charge in [-0.1, -0.05) is 12.1 Å². The SMILES string of the molecule is Cc1cccc(N)c1NCc1sccc1Br. The quantitative estimate of drug-likeness (QED) is 0.840. The van der Waals surface area contributed by atoms with Crippen LogP contribution in [0, 0.1) is 6.92 Å². The summed E-state index contributed by atoms with van der Waals surface area (Å²) in [7, 11) is 0. The van der Waals surface area contributed by atoms with Crippen molar-refractivity contribution in [3.05, 3.63) is 44.6 Å². The highest BCUT2D eigenvalue weighted by molar-refractivity contribution is 9.10. The minimum atomic E-state index is 0.799. The summed E-state index contributed by atoms with van der Waals surface area (Å²) in [6, 6.07) is 8.00. The standard InChI is InChI=1S/C12H13BrN2S/c1-8-3-2-4-10(14)12(8)15-7-11-9(13)5-6-16-11/h2-6,15H,7,14H2,1H3. The van der Waals surface area contributed by atoms with E-state index in [4.69, 9.17) is 5.73 Å². The van der Waals surface area contributed by atoms with E-state index < -0.39 is 0 Å². The second-order valence-corrected chi connectivity index (χ2v) is 5.44. The summed E-state index contributed by atoms with van der Waals surface area (Å²) in [5.41, 5.74) is 8.93. The van der Waals surface area contributed by atoms with E-state index in [1.54, 1.807) is 11.3 Å². The fourth-order valence-electron chi connectivity index (χ4n) is 1.55. The number of anilines is 2. The van der Waals surface area contributed by atoms with Gasteiger partial charge in [0.2, 0.25) is 0 Å². The van der Waals surface area contributed by atoms with Gasteiger partial charge in [-0.3, -0.25) is 0 Å². The van der Waals surface area contributed by atoms with Crippen molar-refractivity contribution in [1.29, 1.82) is 0 Å². The first-order chi connectivity index (χ1) is 7.68. The molecule has 0 amide bonds. The van der Waals surface area contributed by atoms with Gasteiger partial charge in [-0.05, 0) is 45.9 Å². The summed E-state index contributed by atoms with van der Waals surface area (Å²) < 4.78 is 1.15. The largest absolute Gasteiger partial charge is 0.397 e. The Morgan fingerprint density at radius 1 is 1.38 bits per heavy atom. The summed E-state index contributed by atoms with van der Waals surface area (Å²) >= 11 is 5.25. The average molecular weight is 297 g/mol. The molecule has 2 aromatic rings. The molecule has 0 aliphatic rings. The number of benzene rings is 1. The van der Waals surface area contributed by atoms with Crippen LogP contribution in [0.5, 0.6) is 0 Å². The van der Waals surface area contributed by atoms with Crippen LogP contribution in [-0.2, 0) is 6.54 Å². The van der Waals surface area contributed by atoms with Crippen molar-refractivity contribution >= 4 is 38.6 Å². The van der Waals surface area contributed by atoms with E-state index in [0.717, 1.165) is 22.4 Å². The molecule has 1 heterocycles. The normalized spacial score (nSPS) is 10.4. The van der Waals surface area contributed by atoms with Gasteiger partial charge in [-0.2, -0.15) is 0 Å². The van der Waals surface area contributed by atoms with Crippen LogP contribution in [0.4, 0.5) is 11.4 Å². The number of aryl methyl sites for hydroxylation is 1. The number of thiophene rings is 1. The predicted molar refractivity (Wildman–Crippen MR) is 74.9 cm³/mol. The number of halogens is 1. The lowest BCUT2D eigenvalue weighted by molar-refractivity contribution is 1.17. The van der Waals surface area contributed by atoms with E-state index in [1.165, 1.54) is 10.4 Å². The van der Waals surface area contributed by atoms with Crippen LogP contribution >= 0.6 is 27.3 Å². The predicted octanol–water partition coefficient (Wildman–Crippen LogP) is 4.01. The smallest absolute Gasteiger partial charge is 0.0606 e. The fraction of sp³-hybridized carbons (Fsp3) is 0.167. The monoisotopic (exact) mass is 296 g/mol. The molecule has 0 spiro atoms. The van der Waals surface area contributed by atoms with Crippen LogP contribution in [0.25, 0.3) is 0 Å². The van der Waals surface area contributed by atoms with Gasteiger partial charge < -0.3 is 11.1 Å². The first-order valence-corrected chi connectivity index (χ1v) is 6.66. The third-order valence-corrected chi connectivity index (χ3v) is 4.35. The van der Waals surface area contributed by atoms with Crippen molar-refractivity contribution < 1.29 is 0 Å². The maximum Gasteiger partial charge on any atom is 0.0606 e. The molecule has 0 radical (unpaired) electrons. The zero-order valence-corrected chi connectivity index (χ0v) is 11.4. The van der Waals surface area contributed by atoms with Crippen molar-refractivity contribution in [3.63, 3.8) is 0 Å². The average Bonchev–Trinajstić information content (AvgIpc) is 2.64. The molecule has 0 saturated carbocycles. The number of nitrogens with two attached hydrogens (primary N) is 1. The zero-order chi connectivity index (χ0) is 11.5. The highest BCUT2D eigenvalue weighted by Gasteiger charge is 2.04. The van der Waals surface area contributed by atoms with Crippen molar-refractivity contribution in [1.82, 2.24) is 0 Å². The number of hydrogen-bond acceptors (Lipinski definition) is 3. The molecule has 0 unspecified atom stereocenters. The van der Waals surface area contributed by atoms with E-state index in [0.29, 0.717) is 0 Å². The first-order valence-electron chi connectivity index (χ1n) is 4.99. The minimum absolute atomic E-state index is 0.799. The van der Waals surface area contributed by atoms with Crippen molar-refractivity contribution in [2.24, 2.45) is 0 Å². The van der Waals surface area contributed by atoms with Gasteiger partial charge in [0.15, 0.2) is 0 Å². The molecule has 2 rings (SSSR count). The summed E-state index contributed by atoms with van der Waals surface area (Å²) in [6.45, 7) is 2.86. The fourth-order valence-corrected chi connectivity index (χ4v) is 2.98. The van der Waals surface area contributed by atoms with Gasteiger partial charge in [0.1, 0.15) is 0 Å². The molecule has 16 heavy (non-hydrogen) atoms. The van der Waals surface area contributed by atoms with Crippen LogP contribution in [0.15, 0.2) is 34.1 Å². The highest BCUT2D eigenvalue weighted by Crippen LogP contribution is 2.27. The van der Waals surface area contributed by atoms with Gasteiger partial charge in [-0.25, -0.2) is 0 Å². The molecule has 0 bridgehead atoms. The molecular formula is C12H13BrN2S. The molecule has 84 valence electrons. The lowest BCUT2D eigenvalue weighted by Crippen LogP contribution is -2.03. The van der Waals surface area contributed by atoms with Crippen molar-refractivity contribution in [2.45, 2.75) is 13.5 Å². The van der Waals surface area contributed by atoms with Crippen LogP contribution < -0.4 is 11.1 Å². The number of rotatable bonds is 3. The van der Waals surface area contributed by atoms with Gasteiger partial charge in [0.25, 0.3) is 0 Å². The summed E-state index contributed by atoms with van der Waals surface area (Å²) in [4.78, 5) is 1.28. The van der Waals surface area contributed by atoms with E-state index in [2.05, 4.69) is 45.7 Å². The maximum absolute atomic E-state index is 5.93. The number of para-hydroxylation sites is 1. The van der Waals surface area contributed by atoms with Crippen molar-refractivity contribution in [2.75, 3.05) is 11.1 Å². The molecule has 4 heteroatoms. The topological polar surface area (TPSA) is 38.0 Å². The van der Waals surface area contributed by atoms with E-state index in [-0.39, 0.29) is 0 Å². The molecule has 0 aliphatic heterocycles. The second kappa shape index (κ2) is 4.89. The van der Waals surface area contributed by atoms with Crippen LogP contribution in [0.1, 0.15) is 10.4 Å². The first kappa shape index (κ1) is 11.5. The zero-order valence-electron chi connectivity index (χ0n) is 8.96. The minimum Gasteiger partial charge on any atom is -0.397 e. The molecule has 0 atom stereocenters. The summed E-state index contributed by atoms with van der Waals surface area (Å²) in [5, 5.41) is 5.45. The maximum atomic E-state index is 5.93. The Labute approximate surface area is 108 Å². The second-order valence-electron chi connectivity index (χ2n) is 3.58. The summed E-state index contributed by atoms with van der Waals surface area (Å²) in [6.07, 6.45) is 0. The van der Waals surface area contributed by atoms with Gasteiger partial charge in [0.05, 0.1) is 17.9 Å². The highest BCUT2D eigenvalue weighted by atomic mass is 79.9. The Morgan fingerprint density at radius 2 is 2.19 bits per heavy atom. The van der Waals surface area contributed by atoms with E-state index >= 15 is 0 Å². The van der Waals surface area contributed by atoms with Crippen LogP contribution in [-0.4, -0.2) is 0 Å². The van der Waals surface area contributed by atoms with Crippen LogP contribution in [0.3, 0.4) is 0 Å². The number of nitrogen functional groups attached to an aromatic ring is 1. The molecule has 3 N–H and O–H groups in total. The molecule has 1 aromatic carbocycles. The number of nitrogens with one attached hydrogen (secondary N) is 1. The van der Waals surface area contributed by atoms with Crippen LogP contribution in [0.2, 0.25) is 0 Å². The van der Waals surface area contributed by atoms with Gasteiger partial charge >= 0.3 is 0 Å². The molecule has 0 fully saturated rings. The lowest BCUT2D eigenvalue weighted by Gasteiger charge is -2.11. The molecule has 2 nitrogen and oxygen atoms in total. The lowest BCUT2D eigenvalue weighted by atomic mass is 10.1.